The predicted molar refractivity (Wildman–Crippen MR) is 71.5 cm³/mol. The molecule has 86 valence electrons. The van der Waals surface area contributed by atoms with E-state index in [0.717, 1.165) is 15.4 Å². The number of benzene rings is 1. The minimum absolute atomic E-state index is 0.00225. The van der Waals surface area contributed by atoms with Crippen molar-refractivity contribution in [2.75, 3.05) is 0 Å². The Morgan fingerprint density at radius 2 is 1.81 bits per heavy atom. The molecule has 1 saturated carbocycles. The van der Waals surface area contributed by atoms with Crippen molar-refractivity contribution >= 4 is 37.8 Å². The minimum Gasteiger partial charge on any atom is -0.349 e. The lowest BCUT2D eigenvalue weighted by molar-refractivity contribution is 0.0946. The summed E-state index contributed by atoms with van der Waals surface area (Å²) in [6, 6.07) is 5.89. The molecule has 2 nitrogen and oxygen atoms in total. The highest BCUT2D eigenvalue weighted by Gasteiger charge is 2.46. The number of hydrogen-bond donors (Lipinski definition) is 1. The van der Waals surface area contributed by atoms with Crippen molar-refractivity contribution in [3.05, 3.63) is 32.7 Å². The van der Waals surface area contributed by atoms with E-state index in [1.165, 1.54) is 0 Å². The van der Waals surface area contributed by atoms with Gasteiger partial charge in [0.05, 0.1) is 0 Å². The largest absolute Gasteiger partial charge is 0.349 e. The van der Waals surface area contributed by atoms with Crippen molar-refractivity contribution in [2.45, 2.75) is 26.3 Å². The fourth-order valence-corrected chi connectivity index (χ4v) is 2.93. The first kappa shape index (κ1) is 12.1. The van der Waals surface area contributed by atoms with Crippen LogP contribution in [0.1, 0.15) is 30.6 Å². The number of nitrogens with one attached hydrogen (secondary N) is 1. The van der Waals surface area contributed by atoms with Crippen LogP contribution in [0.5, 0.6) is 0 Å². The third-order valence-electron chi connectivity index (χ3n) is 2.94. The van der Waals surface area contributed by atoms with Crippen LogP contribution in [-0.4, -0.2) is 11.9 Å². The van der Waals surface area contributed by atoms with Crippen molar-refractivity contribution in [1.82, 2.24) is 5.32 Å². The number of carbonyl (C=O) groups is 1. The number of rotatable bonds is 2. The smallest absolute Gasteiger partial charge is 0.251 e. The molecule has 1 unspecified atom stereocenters. The summed E-state index contributed by atoms with van der Waals surface area (Å²) in [4.78, 5) is 11.9. The van der Waals surface area contributed by atoms with Crippen LogP contribution in [0.15, 0.2) is 27.1 Å². The maximum atomic E-state index is 11.9. The molecule has 16 heavy (non-hydrogen) atoms. The summed E-state index contributed by atoms with van der Waals surface area (Å²) in [5.41, 5.74) is 0.947. The standard InChI is InChI=1S/C12H13Br2NO/c1-12(2)6-10(12)15-11(16)7-3-8(13)5-9(14)4-7/h3-5,10H,6H2,1-2H3,(H,15,16). The van der Waals surface area contributed by atoms with E-state index in [4.69, 9.17) is 0 Å². The fraction of sp³-hybridized carbons (Fsp3) is 0.417. The molecule has 1 aromatic rings. The third kappa shape index (κ3) is 2.66. The highest BCUT2D eigenvalue weighted by molar-refractivity contribution is 9.11. The Morgan fingerprint density at radius 1 is 1.31 bits per heavy atom. The van der Waals surface area contributed by atoms with Crippen LogP contribution in [0, 0.1) is 5.41 Å². The highest BCUT2D eigenvalue weighted by Crippen LogP contribution is 2.44. The summed E-state index contributed by atoms with van der Waals surface area (Å²) in [5, 5.41) is 3.03. The van der Waals surface area contributed by atoms with Crippen LogP contribution in [0.3, 0.4) is 0 Å². The van der Waals surface area contributed by atoms with Crippen LogP contribution in [0.2, 0.25) is 0 Å². The van der Waals surface area contributed by atoms with Gasteiger partial charge in [0.25, 0.3) is 5.91 Å². The van der Waals surface area contributed by atoms with Gasteiger partial charge in [-0.2, -0.15) is 0 Å². The maximum absolute atomic E-state index is 11.9. The van der Waals surface area contributed by atoms with E-state index in [9.17, 15) is 4.79 Å². The summed E-state index contributed by atoms with van der Waals surface area (Å²) in [6.45, 7) is 4.32. The lowest BCUT2D eigenvalue weighted by Gasteiger charge is -2.07. The normalized spacial score (nSPS) is 21.6. The molecule has 1 fully saturated rings. The van der Waals surface area contributed by atoms with Gasteiger partial charge in [0.1, 0.15) is 0 Å². The number of carbonyl (C=O) groups excluding carboxylic acids is 1. The molecule has 2 rings (SSSR count). The van der Waals surface area contributed by atoms with Crippen molar-refractivity contribution in [1.29, 1.82) is 0 Å². The van der Waals surface area contributed by atoms with Gasteiger partial charge in [-0.25, -0.2) is 0 Å². The lowest BCUT2D eigenvalue weighted by atomic mass is 10.1. The molecule has 0 aliphatic heterocycles. The van der Waals surface area contributed by atoms with Crippen molar-refractivity contribution in [3.63, 3.8) is 0 Å². The second-order valence-corrected chi connectivity index (χ2v) is 6.71. The maximum Gasteiger partial charge on any atom is 0.251 e. The van der Waals surface area contributed by atoms with E-state index < -0.39 is 0 Å². The average Bonchev–Trinajstić information content (AvgIpc) is 2.71. The Morgan fingerprint density at radius 3 is 2.25 bits per heavy atom. The van der Waals surface area contributed by atoms with E-state index in [1.54, 1.807) is 0 Å². The first-order valence-corrected chi connectivity index (χ1v) is 6.74. The molecule has 1 atom stereocenters. The first-order chi connectivity index (χ1) is 7.38. The van der Waals surface area contributed by atoms with Gasteiger partial charge in [-0.15, -0.1) is 0 Å². The summed E-state index contributed by atoms with van der Waals surface area (Å²) >= 11 is 6.75. The molecule has 0 bridgehead atoms. The Kier molecular flexibility index (Phi) is 3.14. The summed E-state index contributed by atoms with van der Waals surface area (Å²) in [6.07, 6.45) is 1.06. The quantitative estimate of drug-likeness (QED) is 0.868. The number of amides is 1. The number of hydrogen-bond acceptors (Lipinski definition) is 1. The van der Waals surface area contributed by atoms with E-state index in [-0.39, 0.29) is 11.3 Å². The average molecular weight is 347 g/mol. The molecule has 0 radical (unpaired) electrons. The van der Waals surface area contributed by atoms with Gasteiger partial charge in [0.2, 0.25) is 0 Å². The van der Waals surface area contributed by atoms with Gasteiger partial charge in [-0.1, -0.05) is 45.7 Å². The van der Waals surface area contributed by atoms with Crippen molar-refractivity contribution < 1.29 is 4.79 Å². The second-order valence-electron chi connectivity index (χ2n) is 4.88. The molecular weight excluding hydrogens is 334 g/mol. The Hall–Kier alpha value is -0.350. The molecule has 1 aromatic carbocycles. The van der Waals surface area contributed by atoms with Gasteiger partial charge in [-0.3, -0.25) is 4.79 Å². The van der Waals surface area contributed by atoms with E-state index >= 15 is 0 Å². The molecule has 1 amide bonds. The first-order valence-electron chi connectivity index (χ1n) is 5.15. The van der Waals surface area contributed by atoms with Crippen molar-refractivity contribution in [3.8, 4) is 0 Å². The van der Waals surface area contributed by atoms with Crippen LogP contribution < -0.4 is 5.32 Å². The van der Waals surface area contributed by atoms with Crippen LogP contribution in [0.25, 0.3) is 0 Å². The molecule has 1 N–H and O–H groups in total. The lowest BCUT2D eigenvalue weighted by Crippen LogP contribution is -2.28. The van der Waals surface area contributed by atoms with Gasteiger partial charge in [0, 0.05) is 20.6 Å². The van der Waals surface area contributed by atoms with E-state index in [0.29, 0.717) is 11.6 Å². The van der Waals surface area contributed by atoms with Gasteiger partial charge in [-0.05, 0) is 30.0 Å². The Labute approximate surface area is 112 Å². The molecule has 4 heteroatoms. The Balaban J connectivity index is 2.09. The molecule has 0 saturated heterocycles. The molecule has 0 heterocycles. The monoisotopic (exact) mass is 345 g/mol. The predicted octanol–water partition coefficient (Wildman–Crippen LogP) is 3.74. The second kappa shape index (κ2) is 4.15. The van der Waals surface area contributed by atoms with Crippen molar-refractivity contribution in [2.24, 2.45) is 5.41 Å². The SMILES string of the molecule is CC1(C)CC1NC(=O)c1cc(Br)cc(Br)c1. The Bertz CT molecular complexity index is 422. The molecule has 1 aliphatic rings. The van der Waals surface area contributed by atoms with Gasteiger partial charge < -0.3 is 5.32 Å². The zero-order valence-corrected chi connectivity index (χ0v) is 12.4. The van der Waals surface area contributed by atoms with Gasteiger partial charge in [0.15, 0.2) is 0 Å². The summed E-state index contributed by atoms with van der Waals surface area (Å²) in [7, 11) is 0. The van der Waals surface area contributed by atoms with Crippen LogP contribution in [0.4, 0.5) is 0 Å². The number of halogens is 2. The zero-order valence-electron chi connectivity index (χ0n) is 9.18. The molecular formula is C12H13Br2NO. The zero-order chi connectivity index (χ0) is 11.9. The highest BCUT2D eigenvalue weighted by atomic mass is 79.9. The third-order valence-corrected chi connectivity index (χ3v) is 3.86. The topological polar surface area (TPSA) is 29.1 Å². The van der Waals surface area contributed by atoms with E-state index in [2.05, 4.69) is 51.0 Å². The molecule has 0 spiro atoms. The van der Waals surface area contributed by atoms with Gasteiger partial charge >= 0.3 is 0 Å². The summed E-state index contributed by atoms with van der Waals surface area (Å²) in [5.74, 6) is -0.00225. The minimum atomic E-state index is -0.00225. The fourth-order valence-electron chi connectivity index (χ4n) is 1.64. The van der Waals surface area contributed by atoms with Crippen LogP contribution >= 0.6 is 31.9 Å². The van der Waals surface area contributed by atoms with Crippen LogP contribution in [-0.2, 0) is 0 Å². The molecule has 0 aromatic heterocycles. The van der Waals surface area contributed by atoms with E-state index in [1.807, 2.05) is 18.2 Å². The molecule has 1 aliphatic carbocycles. The summed E-state index contributed by atoms with van der Waals surface area (Å²) < 4.78 is 1.81.